The molecule has 0 spiro atoms. The zero-order valence-corrected chi connectivity index (χ0v) is 40.4. The van der Waals surface area contributed by atoms with Crippen LogP contribution in [0, 0.1) is 0 Å². The SMILES string of the molecule is CC(C)(C)OC(=O)CCCCCCCCCCCCCc1ccc(OCc2ccc(S(=O)(=O)Cc3ncc(C(=O)NCCOCCOCC(=O)NCCOCCOCC(=O)O)cn3)cc2)cc1. The van der Waals surface area contributed by atoms with E-state index in [2.05, 4.69) is 32.7 Å². The van der Waals surface area contributed by atoms with E-state index in [4.69, 9.17) is 33.5 Å². The molecule has 3 N–H and O–H groups in total. The molecular weight excluding hydrogens is 885 g/mol. The highest BCUT2D eigenvalue weighted by Crippen LogP contribution is 2.20. The van der Waals surface area contributed by atoms with Gasteiger partial charge in [0.2, 0.25) is 5.91 Å². The van der Waals surface area contributed by atoms with Crippen molar-refractivity contribution in [1.82, 2.24) is 20.6 Å². The van der Waals surface area contributed by atoms with E-state index >= 15 is 0 Å². The minimum Gasteiger partial charge on any atom is -0.489 e. The number of hydrogen-bond donors (Lipinski definition) is 3. The summed E-state index contributed by atoms with van der Waals surface area (Å²) in [7, 11) is -3.75. The van der Waals surface area contributed by atoms with Gasteiger partial charge in [0.05, 0.1) is 50.1 Å². The van der Waals surface area contributed by atoms with Crippen LogP contribution in [-0.2, 0) is 66.7 Å². The van der Waals surface area contributed by atoms with E-state index in [1.54, 1.807) is 12.1 Å². The van der Waals surface area contributed by atoms with Crippen molar-refractivity contribution < 1.29 is 61.1 Å². The van der Waals surface area contributed by atoms with Gasteiger partial charge in [-0.05, 0) is 75.4 Å². The zero-order chi connectivity index (χ0) is 48.6. The van der Waals surface area contributed by atoms with E-state index in [9.17, 15) is 27.6 Å². The lowest BCUT2D eigenvalue weighted by Crippen LogP contribution is -2.31. The summed E-state index contributed by atoms with van der Waals surface area (Å²) in [4.78, 5) is 54.8. The van der Waals surface area contributed by atoms with Crippen LogP contribution < -0.4 is 15.4 Å². The number of benzene rings is 2. The number of ether oxygens (including phenoxy) is 6. The number of amides is 2. The lowest BCUT2D eigenvalue weighted by atomic mass is 10.0. The Bertz CT molecular complexity index is 1980. The van der Waals surface area contributed by atoms with Crippen molar-refractivity contribution in [3.8, 4) is 5.75 Å². The van der Waals surface area contributed by atoms with Crippen molar-refractivity contribution in [3.63, 3.8) is 0 Å². The van der Waals surface area contributed by atoms with Crippen LogP contribution in [0.4, 0.5) is 0 Å². The third-order valence-electron chi connectivity index (χ3n) is 9.97. The Hall–Kier alpha value is -5.01. The minimum absolute atomic E-state index is 0.0570. The first-order chi connectivity index (χ1) is 32.2. The number of carbonyl (C=O) groups excluding carboxylic acids is 3. The molecule has 3 rings (SSSR count). The van der Waals surface area contributed by atoms with Gasteiger partial charge >= 0.3 is 11.9 Å². The van der Waals surface area contributed by atoms with Gasteiger partial charge in [0.1, 0.15) is 42.7 Å². The summed E-state index contributed by atoms with van der Waals surface area (Å²) in [6.45, 7) is 7.06. The molecule has 3 aromatic rings. The fourth-order valence-corrected chi connectivity index (χ4v) is 7.72. The van der Waals surface area contributed by atoms with Crippen molar-refractivity contribution in [3.05, 3.63) is 83.4 Å². The Morgan fingerprint density at radius 2 is 1.15 bits per heavy atom. The molecular formula is C49H72N4O13S. The third-order valence-corrected chi connectivity index (χ3v) is 11.6. The van der Waals surface area contributed by atoms with Gasteiger partial charge < -0.3 is 44.2 Å². The number of aliphatic carboxylic acids is 1. The summed E-state index contributed by atoms with van der Waals surface area (Å²) in [5.41, 5.74) is 1.86. The second-order valence-corrected chi connectivity index (χ2v) is 19.0. The highest BCUT2D eigenvalue weighted by Gasteiger charge is 2.19. The molecule has 2 aromatic carbocycles. The standard InChI is InChI=1S/C49H72N4O13S/c1-49(2,3)66-47(57)16-14-12-10-8-6-4-5-7-9-11-13-15-39-17-21-42(22-18-39)65-35-40-19-23-43(24-20-40)67(59,60)38-44-52-33-41(34-53-44)48(58)51-26-28-62-29-31-63-36-45(54)50-25-27-61-30-32-64-37-46(55)56/h17-24,33-34H,4-16,25-32,35-38H2,1-3H3,(H,50,54)(H,51,58)(H,55,56). The summed E-state index contributed by atoms with van der Waals surface area (Å²) in [6.07, 6.45) is 17.2. The van der Waals surface area contributed by atoms with E-state index in [1.807, 2.05) is 32.9 Å². The first-order valence-corrected chi connectivity index (χ1v) is 25.0. The topological polar surface area (TPSA) is 228 Å². The Morgan fingerprint density at radius 1 is 0.627 bits per heavy atom. The molecule has 0 fully saturated rings. The smallest absolute Gasteiger partial charge is 0.329 e. The van der Waals surface area contributed by atoms with E-state index < -0.39 is 33.1 Å². The van der Waals surface area contributed by atoms with Gasteiger partial charge in [-0.2, -0.15) is 0 Å². The number of nitrogens with one attached hydrogen (secondary N) is 2. The first kappa shape index (κ1) is 56.3. The van der Waals surface area contributed by atoms with E-state index in [1.165, 1.54) is 81.5 Å². The number of carboxylic acids is 1. The van der Waals surface area contributed by atoms with Gasteiger partial charge in [0, 0.05) is 31.9 Å². The molecule has 17 nitrogen and oxygen atoms in total. The molecule has 2 amide bonds. The monoisotopic (exact) mass is 956 g/mol. The van der Waals surface area contributed by atoms with Crippen LogP contribution in [0.2, 0.25) is 0 Å². The van der Waals surface area contributed by atoms with E-state index in [0.29, 0.717) is 13.0 Å². The molecule has 67 heavy (non-hydrogen) atoms. The molecule has 0 radical (unpaired) electrons. The Balaban J connectivity index is 1.20. The van der Waals surface area contributed by atoms with Crippen molar-refractivity contribution in [1.29, 1.82) is 0 Å². The quantitative estimate of drug-likeness (QED) is 0.0409. The number of carbonyl (C=O) groups is 4. The Kier molecular flexibility index (Phi) is 27.4. The average Bonchev–Trinajstić information content (AvgIpc) is 3.28. The van der Waals surface area contributed by atoms with Crippen LogP contribution in [0.25, 0.3) is 0 Å². The van der Waals surface area contributed by atoms with Crippen molar-refractivity contribution >= 4 is 33.6 Å². The molecule has 0 saturated heterocycles. The first-order valence-electron chi connectivity index (χ1n) is 23.3. The Labute approximate surface area is 396 Å². The van der Waals surface area contributed by atoms with Crippen molar-refractivity contribution in [2.75, 3.05) is 65.9 Å². The molecule has 1 aromatic heterocycles. The van der Waals surface area contributed by atoms with Gasteiger partial charge in [-0.15, -0.1) is 0 Å². The number of aryl methyl sites for hydroxylation is 1. The second-order valence-electron chi connectivity index (χ2n) is 17.0. The largest absolute Gasteiger partial charge is 0.489 e. The summed E-state index contributed by atoms with van der Waals surface area (Å²) >= 11 is 0. The zero-order valence-electron chi connectivity index (χ0n) is 39.6. The number of carboxylic acid groups (broad SMARTS) is 1. The number of sulfone groups is 1. The molecule has 0 unspecified atom stereocenters. The maximum atomic E-state index is 13.1. The highest BCUT2D eigenvalue weighted by atomic mass is 32.2. The minimum atomic E-state index is -3.75. The summed E-state index contributed by atoms with van der Waals surface area (Å²) in [5, 5.41) is 13.8. The molecule has 18 heteroatoms. The number of rotatable bonds is 37. The third kappa shape index (κ3) is 27.4. The Morgan fingerprint density at radius 3 is 1.73 bits per heavy atom. The summed E-state index contributed by atoms with van der Waals surface area (Å²) < 4.78 is 58.3. The number of nitrogens with zero attached hydrogens (tertiary/aromatic N) is 2. The van der Waals surface area contributed by atoms with Crippen LogP contribution in [-0.4, -0.2) is 119 Å². The van der Waals surface area contributed by atoms with Gasteiger partial charge in [-0.3, -0.25) is 14.4 Å². The van der Waals surface area contributed by atoms with Gasteiger partial charge in [0.15, 0.2) is 9.84 Å². The maximum absolute atomic E-state index is 13.1. The average molecular weight is 957 g/mol. The molecule has 0 aliphatic heterocycles. The summed E-state index contributed by atoms with van der Waals surface area (Å²) in [6, 6.07) is 14.7. The van der Waals surface area contributed by atoms with Crippen LogP contribution in [0.5, 0.6) is 5.75 Å². The van der Waals surface area contributed by atoms with Crippen molar-refractivity contribution in [2.24, 2.45) is 0 Å². The predicted molar refractivity (Wildman–Crippen MR) is 251 cm³/mol. The highest BCUT2D eigenvalue weighted by molar-refractivity contribution is 7.90. The number of hydrogen-bond acceptors (Lipinski definition) is 14. The van der Waals surface area contributed by atoms with Gasteiger partial charge in [0.25, 0.3) is 5.91 Å². The molecule has 0 aliphatic rings. The predicted octanol–water partition coefficient (Wildman–Crippen LogP) is 6.59. The molecule has 0 aliphatic carbocycles. The number of esters is 1. The fourth-order valence-electron chi connectivity index (χ4n) is 6.51. The molecule has 0 saturated carbocycles. The normalized spacial score (nSPS) is 11.6. The summed E-state index contributed by atoms with van der Waals surface area (Å²) in [5.74, 6) is -1.55. The molecule has 1 heterocycles. The van der Waals surface area contributed by atoms with Gasteiger partial charge in [-0.25, -0.2) is 23.2 Å². The molecule has 0 atom stereocenters. The van der Waals surface area contributed by atoms with Crippen LogP contribution in [0.1, 0.15) is 125 Å². The van der Waals surface area contributed by atoms with E-state index in [0.717, 1.165) is 37.0 Å². The second kappa shape index (κ2) is 32.7. The molecule has 372 valence electrons. The fraction of sp³-hybridized carbons (Fsp3) is 0.592. The van der Waals surface area contributed by atoms with Gasteiger partial charge in [-0.1, -0.05) is 82.1 Å². The lowest BCUT2D eigenvalue weighted by Gasteiger charge is -2.19. The lowest BCUT2D eigenvalue weighted by molar-refractivity contribution is -0.155. The van der Waals surface area contributed by atoms with Crippen LogP contribution in [0.15, 0.2) is 65.8 Å². The van der Waals surface area contributed by atoms with E-state index in [-0.39, 0.29) is 94.1 Å². The van der Waals surface area contributed by atoms with Crippen LogP contribution in [0.3, 0.4) is 0 Å². The molecule has 0 bridgehead atoms. The van der Waals surface area contributed by atoms with Crippen molar-refractivity contribution in [2.45, 2.75) is 127 Å². The number of aromatic nitrogens is 2. The number of unbranched alkanes of at least 4 members (excludes halogenated alkanes) is 10. The van der Waals surface area contributed by atoms with Crippen LogP contribution >= 0.6 is 0 Å². The maximum Gasteiger partial charge on any atom is 0.329 e.